The molecule has 2 aromatic carbocycles. The summed E-state index contributed by atoms with van der Waals surface area (Å²) in [6.07, 6.45) is 3.44. The predicted molar refractivity (Wildman–Crippen MR) is 115 cm³/mol. The summed E-state index contributed by atoms with van der Waals surface area (Å²) < 4.78 is 12.5. The number of anilines is 2. The Hall–Kier alpha value is -4.46. The summed E-state index contributed by atoms with van der Waals surface area (Å²) in [4.78, 5) is 9.15. The van der Waals surface area contributed by atoms with Gasteiger partial charge in [-0.1, -0.05) is 30.3 Å². The topological polar surface area (TPSA) is 86.5 Å². The van der Waals surface area contributed by atoms with Crippen molar-refractivity contribution in [3.63, 3.8) is 0 Å². The Morgan fingerprint density at radius 2 is 1.77 bits per heavy atom. The molecule has 1 aliphatic heterocycles. The minimum Gasteiger partial charge on any atom is -0.454 e. The molecule has 0 fully saturated rings. The first kappa shape index (κ1) is 17.4. The van der Waals surface area contributed by atoms with Crippen LogP contribution in [0, 0.1) is 0 Å². The average molecular weight is 408 g/mol. The first-order chi connectivity index (χ1) is 15.3. The summed E-state index contributed by atoms with van der Waals surface area (Å²) >= 11 is 0. The van der Waals surface area contributed by atoms with Crippen LogP contribution in [-0.4, -0.2) is 31.6 Å². The summed E-state index contributed by atoms with van der Waals surface area (Å²) in [5, 5.41) is 12.3. The molecule has 4 heterocycles. The number of aromatic nitrogens is 5. The largest absolute Gasteiger partial charge is 0.454 e. The third kappa shape index (κ3) is 3.10. The van der Waals surface area contributed by atoms with Gasteiger partial charge in [-0.15, -0.1) is 5.10 Å². The van der Waals surface area contributed by atoms with Crippen molar-refractivity contribution in [1.29, 1.82) is 0 Å². The second kappa shape index (κ2) is 7.10. The van der Waals surface area contributed by atoms with E-state index in [4.69, 9.17) is 19.6 Å². The molecule has 8 nitrogen and oxygen atoms in total. The fourth-order valence-electron chi connectivity index (χ4n) is 3.61. The van der Waals surface area contributed by atoms with Gasteiger partial charge in [0.05, 0.1) is 16.8 Å². The minimum absolute atomic E-state index is 0.232. The van der Waals surface area contributed by atoms with Gasteiger partial charge in [0.15, 0.2) is 11.5 Å². The summed E-state index contributed by atoms with van der Waals surface area (Å²) in [6.45, 7) is 0.232. The predicted octanol–water partition coefficient (Wildman–Crippen LogP) is 4.33. The number of nitrogens with one attached hydrogen (secondary N) is 1. The molecule has 8 heteroatoms. The Morgan fingerprint density at radius 3 is 2.71 bits per heavy atom. The van der Waals surface area contributed by atoms with E-state index in [2.05, 4.69) is 15.4 Å². The van der Waals surface area contributed by atoms with Crippen LogP contribution in [0.25, 0.3) is 28.0 Å². The van der Waals surface area contributed by atoms with Crippen molar-refractivity contribution in [2.24, 2.45) is 0 Å². The van der Waals surface area contributed by atoms with Crippen LogP contribution in [0.5, 0.6) is 11.5 Å². The minimum atomic E-state index is 0.232. The second-order valence-corrected chi connectivity index (χ2v) is 6.95. The molecule has 1 N–H and O–H groups in total. The summed E-state index contributed by atoms with van der Waals surface area (Å²) in [6, 6.07) is 21.4. The molecule has 31 heavy (non-hydrogen) atoms. The lowest BCUT2D eigenvalue weighted by molar-refractivity contribution is 0.174. The van der Waals surface area contributed by atoms with Crippen LogP contribution in [0.4, 0.5) is 11.6 Å². The second-order valence-electron chi connectivity index (χ2n) is 6.95. The number of hydrogen-bond acceptors (Lipinski definition) is 7. The van der Waals surface area contributed by atoms with Gasteiger partial charge in [-0.3, -0.25) is 0 Å². The van der Waals surface area contributed by atoms with Crippen molar-refractivity contribution in [3.05, 3.63) is 79.1 Å². The summed E-state index contributed by atoms with van der Waals surface area (Å²) in [7, 11) is 0. The standard InChI is InChI=1S/C23H16N6O2/c1-2-5-15(6-3-1)22-21(18-7-4-11-25-29(18)28-22)17-10-12-24-23(27-17)26-16-8-9-19-20(13-16)31-14-30-19/h1-13H,14H2,(H,24,26,27). The van der Waals surface area contributed by atoms with Gasteiger partial charge in [0, 0.05) is 29.7 Å². The molecule has 0 unspecified atom stereocenters. The summed E-state index contributed by atoms with van der Waals surface area (Å²) in [5.41, 5.74) is 5.13. The number of benzene rings is 2. The van der Waals surface area contributed by atoms with Crippen LogP contribution in [0.3, 0.4) is 0 Å². The van der Waals surface area contributed by atoms with E-state index in [1.807, 2.05) is 66.7 Å². The highest BCUT2D eigenvalue weighted by molar-refractivity contribution is 5.90. The van der Waals surface area contributed by atoms with Gasteiger partial charge in [0.1, 0.15) is 5.69 Å². The molecule has 0 amide bonds. The smallest absolute Gasteiger partial charge is 0.231 e. The molecule has 6 rings (SSSR count). The zero-order valence-electron chi connectivity index (χ0n) is 16.3. The molecule has 5 aromatic rings. The van der Waals surface area contributed by atoms with Crippen molar-refractivity contribution in [2.45, 2.75) is 0 Å². The molecule has 0 saturated carbocycles. The van der Waals surface area contributed by atoms with Crippen molar-refractivity contribution in [1.82, 2.24) is 24.8 Å². The third-order valence-corrected chi connectivity index (χ3v) is 5.01. The number of hydrogen-bond donors (Lipinski definition) is 1. The highest BCUT2D eigenvalue weighted by atomic mass is 16.7. The van der Waals surface area contributed by atoms with Crippen LogP contribution in [-0.2, 0) is 0 Å². The van der Waals surface area contributed by atoms with Crippen LogP contribution < -0.4 is 14.8 Å². The highest BCUT2D eigenvalue weighted by Gasteiger charge is 2.19. The number of fused-ring (bicyclic) bond motifs is 2. The lowest BCUT2D eigenvalue weighted by atomic mass is 10.0. The third-order valence-electron chi connectivity index (χ3n) is 5.01. The van der Waals surface area contributed by atoms with Gasteiger partial charge in [-0.2, -0.15) is 9.73 Å². The Kier molecular flexibility index (Phi) is 3.99. The molecule has 0 atom stereocenters. The van der Waals surface area contributed by atoms with Crippen molar-refractivity contribution >= 4 is 17.2 Å². The zero-order valence-corrected chi connectivity index (χ0v) is 16.3. The van der Waals surface area contributed by atoms with Crippen LogP contribution in [0.2, 0.25) is 0 Å². The molecule has 0 aliphatic carbocycles. The van der Waals surface area contributed by atoms with E-state index in [1.54, 1.807) is 17.0 Å². The van der Waals surface area contributed by atoms with E-state index < -0.39 is 0 Å². The molecular formula is C23H16N6O2. The van der Waals surface area contributed by atoms with Gasteiger partial charge < -0.3 is 14.8 Å². The Morgan fingerprint density at radius 1 is 0.871 bits per heavy atom. The van der Waals surface area contributed by atoms with Gasteiger partial charge in [-0.05, 0) is 30.3 Å². The van der Waals surface area contributed by atoms with Gasteiger partial charge >= 0.3 is 0 Å². The van der Waals surface area contributed by atoms with Gasteiger partial charge in [-0.25, -0.2) is 9.97 Å². The van der Waals surface area contributed by atoms with E-state index in [0.29, 0.717) is 11.7 Å². The maximum atomic E-state index is 5.45. The van der Waals surface area contributed by atoms with Crippen molar-refractivity contribution < 1.29 is 9.47 Å². The SMILES string of the molecule is c1ccc(-c2nn3ncccc3c2-c2ccnc(Nc3ccc4c(c3)OCO4)n2)cc1. The molecule has 0 bridgehead atoms. The Labute approximate surface area is 177 Å². The fourth-order valence-corrected chi connectivity index (χ4v) is 3.61. The van der Waals surface area contributed by atoms with E-state index >= 15 is 0 Å². The number of rotatable bonds is 4. The highest BCUT2D eigenvalue weighted by Crippen LogP contribution is 2.36. The van der Waals surface area contributed by atoms with Crippen LogP contribution in [0.15, 0.2) is 79.1 Å². The lowest BCUT2D eigenvalue weighted by Gasteiger charge is -2.08. The quantitative estimate of drug-likeness (QED) is 0.474. The van der Waals surface area contributed by atoms with E-state index in [9.17, 15) is 0 Å². The number of ether oxygens (including phenoxy) is 2. The van der Waals surface area contributed by atoms with E-state index in [1.165, 1.54) is 0 Å². The van der Waals surface area contributed by atoms with Crippen LogP contribution >= 0.6 is 0 Å². The molecule has 0 radical (unpaired) electrons. The Balaban J connectivity index is 1.44. The molecular weight excluding hydrogens is 392 g/mol. The van der Waals surface area contributed by atoms with E-state index in [0.717, 1.165) is 39.5 Å². The Bertz CT molecular complexity index is 1400. The maximum absolute atomic E-state index is 5.45. The van der Waals surface area contributed by atoms with Crippen molar-refractivity contribution in [2.75, 3.05) is 12.1 Å². The van der Waals surface area contributed by atoms with Gasteiger partial charge in [0.2, 0.25) is 12.7 Å². The molecule has 0 spiro atoms. The number of nitrogens with zero attached hydrogens (tertiary/aromatic N) is 5. The zero-order chi connectivity index (χ0) is 20.6. The first-order valence-corrected chi connectivity index (χ1v) is 9.75. The van der Waals surface area contributed by atoms with Crippen molar-refractivity contribution in [3.8, 4) is 34.0 Å². The van der Waals surface area contributed by atoms with Gasteiger partial charge in [0.25, 0.3) is 0 Å². The average Bonchev–Trinajstić information content (AvgIpc) is 3.44. The maximum Gasteiger partial charge on any atom is 0.231 e. The molecule has 1 aliphatic rings. The first-order valence-electron chi connectivity index (χ1n) is 9.75. The fraction of sp³-hybridized carbons (Fsp3) is 0.0435. The molecule has 3 aromatic heterocycles. The monoisotopic (exact) mass is 408 g/mol. The molecule has 150 valence electrons. The van der Waals surface area contributed by atoms with E-state index in [-0.39, 0.29) is 6.79 Å². The van der Waals surface area contributed by atoms with Crippen LogP contribution in [0.1, 0.15) is 0 Å². The molecule has 0 saturated heterocycles. The summed E-state index contributed by atoms with van der Waals surface area (Å²) in [5.74, 6) is 1.89. The lowest BCUT2D eigenvalue weighted by Crippen LogP contribution is -1.98. The normalized spacial score (nSPS) is 12.3.